The minimum Gasteiger partial charge on any atom is -0.550 e. The van der Waals surface area contributed by atoms with Gasteiger partial charge in [0.25, 0.3) is 0 Å². The van der Waals surface area contributed by atoms with E-state index in [0.717, 1.165) is 0 Å². The van der Waals surface area contributed by atoms with Crippen LogP contribution in [-0.2, 0) is 32.0 Å². The number of aliphatic carboxylic acids is 2. The Morgan fingerprint density at radius 2 is 1.58 bits per heavy atom. The molecule has 6 heteroatoms. The molecule has 12 heavy (non-hydrogen) atoms. The van der Waals surface area contributed by atoms with Crippen molar-refractivity contribution in [2.24, 2.45) is 0 Å². The number of hydrogen-bond acceptors (Lipinski definition) is 4. The molecule has 5 nitrogen and oxygen atoms in total. The van der Waals surface area contributed by atoms with Crippen LogP contribution in [0.1, 0.15) is 25.7 Å². The molecule has 0 aliphatic rings. The van der Waals surface area contributed by atoms with Gasteiger partial charge in [-0.05, 0) is 19.3 Å². The van der Waals surface area contributed by atoms with Crippen molar-refractivity contribution in [3.8, 4) is 0 Å². The summed E-state index contributed by atoms with van der Waals surface area (Å²) in [5, 5.41) is 17.9. The van der Waals surface area contributed by atoms with Crippen molar-refractivity contribution in [2.45, 2.75) is 25.7 Å². The summed E-state index contributed by atoms with van der Waals surface area (Å²) < 4.78 is 0. The summed E-state index contributed by atoms with van der Waals surface area (Å²) in [7, 11) is 0. The zero-order valence-corrected chi connectivity index (χ0v) is 7.99. The first-order valence-electron chi connectivity index (χ1n) is 3.04. The van der Waals surface area contributed by atoms with Crippen molar-refractivity contribution in [3.05, 3.63) is 0 Å². The fourth-order valence-electron chi connectivity index (χ4n) is 0.546. The van der Waals surface area contributed by atoms with Crippen LogP contribution in [0.3, 0.4) is 0 Å². The third kappa shape index (κ3) is 16.3. The van der Waals surface area contributed by atoms with Crippen molar-refractivity contribution >= 4 is 11.9 Å². The van der Waals surface area contributed by atoms with Gasteiger partial charge in [-0.25, -0.2) is 0 Å². The molecule has 0 radical (unpaired) electrons. The molecule has 0 aromatic heterocycles. The second-order valence-electron chi connectivity index (χ2n) is 1.97. The number of carboxylic acid groups (broad SMARTS) is 2. The van der Waals surface area contributed by atoms with Crippen molar-refractivity contribution in [1.29, 1.82) is 0 Å². The molecule has 0 aliphatic heterocycles. The predicted molar refractivity (Wildman–Crippen MR) is 36.1 cm³/mol. The molecule has 0 spiro atoms. The maximum absolute atomic E-state index is 9.88. The molecule has 0 atom stereocenters. The largest absolute Gasteiger partial charge is 1.00 e. The van der Waals surface area contributed by atoms with E-state index in [1.165, 1.54) is 0 Å². The molecule has 0 bridgehead atoms. The van der Waals surface area contributed by atoms with Crippen LogP contribution in [0.2, 0.25) is 0 Å². The molecule has 0 fully saturated rings. The van der Waals surface area contributed by atoms with Crippen LogP contribution in [0.4, 0.5) is 0 Å². The molecule has 0 aromatic carbocycles. The number of carbonyl (C=O) groups is 2. The molecule has 0 heterocycles. The van der Waals surface area contributed by atoms with E-state index < -0.39 is 11.9 Å². The van der Waals surface area contributed by atoms with E-state index in [-0.39, 0.29) is 41.4 Å². The SMILES string of the molecule is N.O=C([O-])CCCCC(=O)O.[Ag+]. The Labute approximate surface area is 86.2 Å². The average molecular weight is 270 g/mol. The van der Waals surface area contributed by atoms with Gasteiger partial charge in [0.15, 0.2) is 0 Å². The van der Waals surface area contributed by atoms with Crippen molar-refractivity contribution in [3.63, 3.8) is 0 Å². The summed E-state index contributed by atoms with van der Waals surface area (Å²) in [5.41, 5.74) is 0. The minimum absolute atomic E-state index is 0. The fraction of sp³-hybridized carbons (Fsp3) is 0.667. The van der Waals surface area contributed by atoms with Gasteiger partial charge < -0.3 is 21.2 Å². The predicted octanol–water partition coefficient (Wildman–Crippen LogP) is -0.459. The van der Waals surface area contributed by atoms with Crippen LogP contribution >= 0.6 is 0 Å². The maximum Gasteiger partial charge on any atom is 1.00 e. The van der Waals surface area contributed by atoms with Crippen molar-refractivity contribution in [1.82, 2.24) is 6.15 Å². The summed E-state index contributed by atoms with van der Waals surface area (Å²) in [4.78, 5) is 19.7. The first-order chi connectivity index (χ1) is 4.63. The van der Waals surface area contributed by atoms with Crippen LogP contribution in [0.5, 0.6) is 0 Å². The second-order valence-corrected chi connectivity index (χ2v) is 1.97. The number of carbonyl (C=O) groups excluding carboxylic acids is 1. The molecule has 0 aromatic rings. The summed E-state index contributed by atoms with van der Waals surface area (Å²) in [5.74, 6) is -2.01. The first-order valence-corrected chi connectivity index (χ1v) is 3.04. The molecular formula is C6H12AgNO4. The van der Waals surface area contributed by atoms with Gasteiger partial charge in [-0.15, -0.1) is 0 Å². The summed E-state index contributed by atoms with van der Waals surface area (Å²) in [6, 6.07) is 0. The van der Waals surface area contributed by atoms with Gasteiger partial charge in [0.1, 0.15) is 0 Å². The van der Waals surface area contributed by atoms with Gasteiger partial charge in [-0.3, -0.25) is 4.79 Å². The Morgan fingerprint density at radius 3 is 1.92 bits per heavy atom. The summed E-state index contributed by atoms with van der Waals surface area (Å²) in [6.07, 6.45) is 0.776. The molecule has 0 rings (SSSR count). The fourth-order valence-corrected chi connectivity index (χ4v) is 0.546. The minimum atomic E-state index is -1.12. The van der Waals surface area contributed by atoms with E-state index in [0.29, 0.717) is 12.8 Å². The molecule has 76 valence electrons. The van der Waals surface area contributed by atoms with E-state index in [1.807, 2.05) is 0 Å². The first kappa shape index (κ1) is 17.7. The number of rotatable bonds is 5. The van der Waals surface area contributed by atoms with E-state index in [9.17, 15) is 14.7 Å². The van der Waals surface area contributed by atoms with E-state index in [1.54, 1.807) is 0 Å². The van der Waals surface area contributed by atoms with Crippen LogP contribution < -0.4 is 11.3 Å². The Bertz CT molecular complexity index is 124. The van der Waals surface area contributed by atoms with Gasteiger partial charge in [-0.2, -0.15) is 0 Å². The topological polar surface area (TPSA) is 112 Å². The van der Waals surface area contributed by atoms with Gasteiger partial charge >= 0.3 is 28.3 Å². The molecular weight excluding hydrogens is 258 g/mol. The Hall–Kier alpha value is -0.360. The van der Waals surface area contributed by atoms with E-state index >= 15 is 0 Å². The number of hydrogen-bond donors (Lipinski definition) is 2. The third-order valence-corrected chi connectivity index (χ3v) is 1.02. The van der Waals surface area contributed by atoms with Gasteiger partial charge in [0.05, 0.1) is 0 Å². The molecule has 4 N–H and O–H groups in total. The average Bonchev–Trinajstić information content (AvgIpc) is 1.79. The van der Waals surface area contributed by atoms with Crippen LogP contribution in [0.15, 0.2) is 0 Å². The monoisotopic (exact) mass is 269 g/mol. The normalized spacial score (nSPS) is 7.67. The quantitative estimate of drug-likeness (QED) is 0.518. The molecule has 0 saturated heterocycles. The molecule has 0 aliphatic carbocycles. The standard InChI is InChI=1S/C6H10O4.Ag.H3N/c7-5(8)3-1-2-4-6(9)10;;/h1-4H2,(H,7,8)(H,9,10);;1H3/q;+1;/p-1. The van der Waals surface area contributed by atoms with Crippen molar-refractivity contribution < 1.29 is 42.2 Å². The Kier molecular flexibility index (Phi) is 15.7. The van der Waals surface area contributed by atoms with Crippen LogP contribution in [-0.4, -0.2) is 17.0 Å². The number of unbranched alkanes of at least 4 members (excludes halogenated alkanes) is 1. The zero-order chi connectivity index (χ0) is 7.98. The smallest absolute Gasteiger partial charge is 0.550 e. The van der Waals surface area contributed by atoms with Crippen molar-refractivity contribution in [2.75, 3.05) is 0 Å². The maximum atomic E-state index is 9.88. The van der Waals surface area contributed by atoms with Crippen LogP contribution in [0.25, 0.3) is 0 Å². The molecule has 0 amide bonds. The van der Waals surface area contributed by atoms with Gasteiger partial charge in [-0.1, -0.05) is 0 Å². The van der Waals surface area contributed by atoms with Gasteiger partial charge in [0.2, 0.25) is 0 Å². The second kappa shape index (κ2) is 10.6. The van der Waals surface area contributed by atoms with Crippen LogP contribution in [0, 0.1) is 0 Å². The summed E-state index contributed by atoms with van der Waals surface area (Å²) >= 11 is 0. The number of carboxylic acids is 2. The van der Waals surface area contributed by atoms with E-state index in [2.05, 4.69) is 0 Å². The Morgan fingerprint density at radius 1 is 1.17 bits per heavy atom. The zero-order valence-electron chi connectivity index (χ0n) is 6.51. The Balaban J connectivity index is -0.000000405. The third-order valence-electron chi connectivity index (χ3n) is 1.02. The van der Waals surface area contributed by atoms with E-state index in [4.69, 9.17) is 5.11 Å². The molecule has 0 unspecified atom stereocenters. The summed E-state index contributed by atoms with van der Waals surface area (Å²) in [6.45, 7) is 0. The molecule has 0 saturated carbocycles. The van der Waals surface area contributed by atoms with Gasteiger partial charge in [0, 0.05) is 12.4 Å².